The van der Waals surface area contributed by atoms with Crippen molar-refractivity contribution < 1.29 is 13.7 Å². The first-order valence-corrected chi connectivity index (χ1v) is 10.3. The van der Waals surface area contributed by atoms with E-state index < -0.39 is 11.0 Å². The van der Waals surface area contributed by atoms with Gasteiger partial charge in [-0.15, -0.1) is 0 Å². The van der Waals surface area contributed by atoms with E-state index in [1.54, 1.807) is 17.2 Å². The first-order valence-electron chi connectivity index (χ1n) is 8.85. The third kappa shape index (κ3) is 3.49. The number of fused-ring (bicyclic) bond motifs is 1. The van der Waals surface area contributed by atoms with Crippen molar-refractivity contribution in [1.29, 1.82) is 0 Å². The summed E-state index contributed by atoms with van der Waals surface area (Å²) in [4.78, 5) is 18.5. The minimum Gasteiger partial charge on any atom is -0.444 e. The van der Waals surface area contributed by atoms with Crippen LogP contribution in [0.25, 0.3) is 0 Å². The van der Waals surface area contributed by atoms with Crippen LogP contribution in [0.3, 0.4) is 0 Å². The molecule has 1 aromatic heterocycles. The normalized spacial score (nSPS) is 19.7. The predicted molar refractivity (Wildman–Crippen MR) is 103 cm³/mol. The molecule has 1 atom stereocenters. The number of amides is 1. The Balaban J connectivity index is 1.48. The van der Waals surface area contributed by atoms with Crippen molar-refractivity contribution in [2.45, 2.75) is 37.4 Å². The Labute approximate surface area is 165 Å². The minimum absolute atomic E-state index is 0.0106. The third-order valence-corrected chi connectivity index (χ3v) is 6.76. The number of imidazole rings is 1. The SMILES string of the molecule is Cc1nc(S(=O)N2CCC(N3C(=O)OCc4cc(Cl)ccc43)CC2)cn1C. The number of nitrogens with zero attached hydrogens (tertiary/aromatic N) is 4. The average Bonchev–Trinajstić information content (AvgIpc) is 3.00. The molecule has 0 radical (unpaired) electrons. The van der Waals surface area contributed by atoms with E-state index in [9.17, 15) is 9.00 Å². The number of aryl methyl sites for hydroxylation is 2. The first-order chi connectivity index (χ1) is 12.9. The first kappa shape index (κ1) is 18.5. The average molecular weight is 409 g/mol. The van der Waals surface area contributed by atoms with Gasteiger partial charge in [0.25, 0.3) is 0 Å². The van der Waals surface area contributed by atoms with Crippen LogP contribution in [0.1, 0.15) is 24.2 Å². The van der Waals surface area contributed by atoms with Crippen LogP contribution in [0.15, 0.2) is 29.4 Å². The molecule has 9 heteroatoms. The lowest BCUT2D eigenvalue weighted by molar-refractivity contribution is 0.136. The van der Waals surface area contributed by atoms with Crippen LogP contribution in [0.4, 0.5) is 10.5 Å². The number of rotatable bonds is 3. The molecule has 1 fully saturated rings. The zero-order valence-corrected chi connectivity index (χ0v) is 16.8. The van der Waals surface area contributed by atoms with Gasteiger partial charge in [0.1, 0.15) is 23.4 Å². The Hall–Kier alpha value is -1.90. The number of cyclic esters (lactones) is 1. The van der Waals surface area contributed by atoms with Crippen LogP contribution in [0, 0.1) is 6.92 Å². The number of piperidine rings is 1. The highest BCUT2D eigenvalue weighted by Crippen LogP contribution is 2.34. The summed E-state index contributed by atoms with van der Waals surface area (Å²) in [6, 6.07) is 5.51. The highest BCUT2D eigenvalue weighted by atomic mass is 35.5. The van der Waals surface area contributed by atoms with Gasteiger partial charge in [-0.2, -0.15) is 0 Å². The van der Waals surface area contributed by atoms with Gasteiger partial charge in [0.15, 0.2) is 5.03 Å². The number of carbonyl (C=O) groups is 1. The summed E-state index contributed by atoms with van der Waals surface area (Å²) < 4.78 is 21.9. The lowest BCUT2D eigenvalue weighted by Gasteiger charge is -2.39. The fourth-order valence-corrected chi connectivity index (χ4v) is 5.03. The van der Waals surface area contributed by atoms with Gasteiger partial charge in [-0.1, -0.05) is 11.6 Å². The van der Waals surface area contributed by atoms with Gasteiger partial charge in [0.05, 0.1) is 5.69 Å². The number of halogens is 1. The lowest BCUT2D eigenvalue weighted by atomic mass is 10.0. The Kier molecular flexibility index (Phi) is 4.96. The summed E-state index contributed by atoms with van der Waals surface area (Å²) in [6.45, 7) is 3.38. The zero-order valence-electron chi connectivity index (χ0n) is 15.2. The molecule has 0 aliphatic carbocycles. The van der Waals surface area contributed by atoms with Crippen LogP contribution in [-0.2, 0) is 29.4 Å². The number of aromatic nitrogens is 2. The Morgan fingerprint density at radius 1 is 1.30 bits per heavy atom. The van der Waals surface area contributed by atoms with E-state index >= 15 is 0 Å². The molecule has 2 aliphatic rings. The van der Waals surface area contributed by atoms with Crippen molar-refractivity contribution in [1.82, 2.24) is 13.9 Å². The molecule has 1 saturated heterocycles. The summed E-state index contributed by atoms with van der Waals surface area (Å²) in [6.07, 6.45) is 2.91. The predicted octanol–water partition coefficient (Wildman–Crippen LogP) is 3.03. The number of carbonyl (C=O) groups excluding carboxylic acids is 1. The van der Waals surface area contributed by atoms with Crippen molar-refractivity contribution in [3.05, 3.63) is 40.8 Å². The number of benzene rings is 1. The monoisotopic (exact) mass is 408 g/mol. The molecular weight excluding hydrogens is 388 g/mol. The number of hydrogen-bond donors (Lipinski definition) is 0. The molecule has 0 spiro atoms. The summed E-state index contributed by atoms with van der Waals surface area (Å²) >= 11 is 6.06. The summed E-state index contributed by atoms with van der Waals surface area (Å²) in [5.41, 5.74) is 1.77. The van der Waals surface area contributed by atoms with E-state index in [0.29, 0.717) is 36.0 Å². The quantitative estimate of drug-likeness (QED) is 0.782. The Morgan fingerprint density at radius 2 is 2.04 bits per heavy atom. The fraction of sp³-hybridized carbons (Fsp3) is 0.444. The van der Waals surface area contributed by atoms with E-state index in [1.807, 2.05) is 35.0 Å². The molecule has 1 amide bonds. The van der Waals surface area contributed by atoms with E-state index in [1.165, 1.54) is 0 Å². The van der Waals surface area contributed by atoms with Gasteiger partial charge in [-0.3, -0.25) is 4.90 Å². The van der Waals surface area contributed by atoms with E-state index in [0.717, 1.165) is 17.1 Å². The Morgan fingerprint density at radius 3 is 2.70 bits per heavy atom. The molecule has 1 unspecified atom stereocenters. The third-order valence-electron chi connectivity index (χ3n) is 5.14. The molecule has 1 aromatic carbocycles. The second-order valence-corrected chi connectivity index (χ2v) is 8.71. The lowest BCUT2D eigenvalue weighted by Crippen LogP contribution is -2.49. The molecule has 3 heterocycles. The topological polar surface area (TPSA) is 67.7 Å². The number of ether oxygens (including phenoxy) is 1. The van der Waals surface area contributed by atoms with Gasteiger partial charge in [-0.25, -0.2) is 18.3 Å². The molecule has 4 rings (SSSR count). The van der Waals surface area contributed by atoms with Gasteiger partial charge < -0.3 is 9.30 Å². The van der Waals surface area contributed by atoms with Gasteiger partial charge >= 0.3 is 6.09 Å². The molecule has 0 N–H and O–H groups in total. The van der Waals surface area contributed by atoms with Gasteiger partial charge in [-0.05, 0) is 38.0 Å². The van der Waals surface area contributed by atoms with Crippen LogP contribution in [0.5, 0.6) is 0 Å². The van der Waals surface area contributed by atoms with Crippen LogP contribution in [-0.4, -0.2) is 43.3 Å². The largest absolute Gasteiger partial charge is 0.444 e. The number of anilines is 1. The maximum Gasteiger partial charge on any atom is 0.414 e. The second kappa shape index (κ2) is 7.26. The Bertz CT molecular complexity index is 889. The zero-order chi connectivity index (χ0) is 19.1. The summed E-state index contributed by atoms with van der Waals surface area (Å²) in [7, 11) is 0.603. The van der Waals surface area contributed by atoms with Gasteiger partial charge in [0, 0.05) is 43.0 Å². The maximum absolute atomic E-state index is 12.8. The molecule has 27 heavy (non-hydrogen) atoms. The summed E-state index contributed by atoms with van der Waals surface area (Å²) in [5, 5.41) is 1.20. The highest BCUT2D eigenvalue weighted by molar-refractivity contribution is 7.82. The van der Waals surface area contributed by atoms with Crippen molar-refractivity contribution in [2.75, 3.05) is 18.0 Å². The van der Waals surface area contributed by atoms with Crippen molar-refractivity contribution in [3.63, 3.8) is 0 Å². The van der Waals surface area contributed by atoms with Crippen molar-refractivity contribution in [3.8, 4) is 0 Å². The molecule has 0 saturated carbocycles. The molecule has 0 bridgehead atoms. The van der Waals surface area contributed by atoms with Crippen molar-refractivity contribution in [2.24, 2.45) is 7.05 Å². The molecule has 2 aromatic rings. The molecular formula is C18H21ClN4O3S. The molecule has 2 aliphatic heterocycles. The van der Waals surface area contributed by atoms with Crippen LogP contribution in [0.2, 0.25) is 5.02 Å². The molecule has 7 nitrogen and oxygen atoms in total. The van der Waals surface area contributed by atoms with Gasteiger partial charge in [0.2, 0.25) is 0 Å². The summed E-state index contributed by atoms with van der Waals surface area (Å²) in [5.74, 6) is 0.833. The minimum atomic E-state index is -1.29. The highest BCUT2D eigenvalue weighted by Gasteiger charge is 2.35. The smallest absolute Gasteiger partial charge is 0.414 e. The van der Waals surface area contributed by atoms with Crippen LogP contribution < -0.4 is 4.90 Å². The van der Waals surface area contributed by atoms with E-state index in [2.05, 4.69) is 4.98 Å². The van der Waals surface area contributed by atoms with E-state index in [-0.39, 0.29) is 18.7 Å². The number of hydrogen-bond acceptors (Lipinski definition) is 4. The maximum atomic E-state index is 12.8. The molecule has 144 valence electrons. The van der Waals surface area contributed by atoms with E-state index in [4.69, 9.17) is 16.3 Å². The van der Waals surface area contributed by atoms with Crippen LogP contribution >= 0.6 is 11.6 Å². The standard InChI is InChI=1S/C18H21ClN4O3S/c1-12-20-17(10-21(12)2)27(25)22-7-5-15(6-8-22)23-16-4-3-14(19)9-13(16)11-26-18(23)24/h3-4,9-10,15H,5-8,11H2,1-2H3. The second-order valence-electron chi connectivity index (χ2n) is 6.84. The van der Waals surface area contributed by atoms with Crippen molar-refractivity contribution >= 4 is 34.4 Å². The fourth-order valence-electron chi connectivity index (χ4n) is 3.57.